The fraction of sp³-hybridized carbons (Fsp3) is 0.368. The third-order valence-electron chi connectivity index (χ3n) is 4.45. The highest BCUT2D eigenvalue weighted by Crippen LogP contribution is 2.34. The summed E-state index contributed by atoms with van der Waals surface area (Å²) in [5.41, 5.74) is 2.36. The molecule has 1 fully saturated rings. The number of hydrogen-bond acceptors (Lipinski definition) is 4. The van der Waals surface area contributed by atoms with Crippen LogP contribution in [0.1, 0.15) is 17.2 Å². The summed E-state index contributed by atoms with van der Waals surface area (Å²) >= 11 is 6.18. The topological polar surface area (TPSA) is 33.7 Å². The number of hydrogen-bond donors (Lipinski definition) is 1. The Balaban J connectivity index is 1.87. The molecule has 2 aromatic rings. The molecule has 4 nitrogen and oxygen atoms in total. The fourth-order valence-electron chi connectivity index (χ4n) is 3.28. The molecule has 128 valence electrons. The van der Waals surface area contributed by atoms with Gasteiger partial charge in [0.2, 0.25) is 0 Å². The molecule has 5 heteroatoms. The summed E-state index contributed by atoms with van der Waals surface area (Å²) in [6.07, 6.45) is 0. The minimum absolute atomic E-state index is 0.286. The van der Waals surface area contributed by atoms with Crippen LogP contribution in [0.5, 0.6) is 11.5 Å². The van der Waals surface area contributed by atoms with Crippen molar-refractivity contribution < 1.29 is 9.47 Å². The maximum absolute atomic E-state index is 6.18. The quantitative estimate of drug-likeness (QED) is 0.898. The lowest BCUT2D eigenvalue weighted by Crippen LogP contribution is -2.45. The molecule has 1 saturated heterocycles. The summed E-state index contributed by atoms with van der Waals surface area (Å²) in [5.74, 6) is 1.58. The molecule has 1 aliphatic rings. The van der Waals surface area contributed by atoms with Crippen LogP contribution in [-0.4, -0.2) is 38.8 Å². The number of methoxy groups -OCH3 is 2. The minimum atomic E-state index is 0.286. The van der Waals surface area contributed by atoms with Gasteiger partial charge >= 0.3 is 0 Å². The number of halogens is 1. The zero-order valence-electron chi connectivity index (χ0n) is 14.1. The number of benzene rings is 2. The largest absolute Gasteiger partial charge is 0.493 e. The molecule has 0 aliphatic carbocycles. The Labute approximate surface area is 148 Å². The molecule has 1 unspecified atom stereocenters. The minimum Gasteiger partial charge on any atom is -0.493 e. The second-order valence-corrected chi connectivity index (χ2v) is 6.33. The molecule has 0 saturated carbocycles. The van der Waals surface area contributed by atoms with Crippen molar-refractivity contribution in [2.24, 2.45) is 0 Å². The first-order valence-corrected chi connectivity index (χ1v) is 8.51. The lowest BCUT2D eigenvalue weighted by Gasteiger charge is -2.37. The van der Waals surface area contributed by atoms with E-state index < -0.39 is 0 Å². The number of nitrogens with one attached hydrogen (secondary N) is 1. The van der Waals surface area contributed by atoms with Crippen molar-refractivity contribution in [2.75, 3.05) is 33.9 Å². The van der Waals surface area contributed by atoms with Crippen LogP contribution in [0.2, 0.25) is 5.02 Å². The predicted molar refractivity (Wildman–Crippen MR) is 97.0 cm³/mol. The van der Waals surface area contributed by atoms with Crippen molar-refractivity contribution in [3.05, 3.63) is 58.6 Å². The number of para-hydroxylation sites is 1. The molecule has 0 radical (unpaired) electrons. The summed E-state index contributed by atoms with van der Waals surface area (Å²) < 4.78 is 11.0. The second-order valence-electron chi connectivity index (χ2n) is 5.90. The van der Waals surface area contributed by atoms with Crippen LogP contribution in [0.15, 0.2) is 42.5 Å². The van der Waals surface area contributed by atoms with Gasteiger partial charge in [-0.3, -0.25) is 4.90 Å². The summed E-state index contributed by atoms with van der Waals surface area (Å²) in [6, 6.07) is 14.4. The average Bonchev–Trinajstić information content (AvgIpc) is 2.62. The van der Waals surface area contributed by atoms with Crippen molar-refractivity contribution in [3.63, 3.8) is 0 Å². The Hall–Kier alpha value is -1.75. The van der Waals surface area contributed by atoms with Crippen LogP contribution < -0.4 is 14.8 Å². The van der Waals surface area contributed by atoms with E-state index in [1.54, 1.807) is 14.2 Å². The van der Waals surface area contributed by atoms with Gasteiger partial charge in [0.25, 0.3) is 0 Å². The second kappa shape index (κ2) is 7.88. The van der Waals surface area contributed by atoms with Gasteiger partial charge in [0.05, 0.1) is 14.2 Å². The SMILES string of the molecule is COc1cccc(CN2CCNCC2c2cccc(Cl)c2)c1OC. The Bertz CT molecular complexity index is 693. The molecule has 24 heavy (non-hydrogen) atoms. The van der Waals surface area contributed by atoms with Crippen molar-refractivity contribution >= 4 is 11.6 Å². The molecule has 0 spiro atoms. The van der Waals surface area contributed by atoms with Gasteiger partial charge in [-0.2, -0.15) is 0 Å². The summed E-state index contributed by atoms with van der Waals surface area (Å²) in [6.45, 7) is 3.66. The Morgan fingerprint density at radius 2 is 2.00 bits per heavy atom. The van der Waals surface area contributed by atoms with Gasteiger partial charge in [0.1, 0.15) is 0 Å². The zero-order chi connectivity index (χ0) is 16.9. The molecule has 1 N–H and O–H groups in total. The van der Waals surface area contributed by atoms with E-state index in [2.05, 4.69) is 28.4 Å². The van der Waals surface area contributed by atoms with Gasteiger partial charge in [-0.15, -0.1) is 0 Å². The number of piperazine rings is 1. The monoisotopic (exact) mass is 346 g/mol. The van der Waals surface area contributed by atoms with E-state index >= 15 is 0 Å². The van der Waals surface area contributed by atoms with E-state index in [1.165, 1.54) is 5.56 Å². The van der Waals surface area contributed by atoms with Gasteiger partial charge in [-0.05, 0) is 23.8 Å². The highest BCUT2D eigenvalue weighted by Gasteiger charge is 2.25. The maximum atomic E-state index is 6.18. The summed E-state index contributed by atoms with van der Waals surface area (Å²) in [5, 5.41) is 4.25. The van der Waals surface area contributed by atoms with Crippen LogP contribution in [0.4, 0.5) is 0 Å². The molecule has 3 rings (SSSR count). The number of nitrogens with zero attached hydrogens (tertiary/aromatic N) is 1. The average molecular weight is 347 g/mol. The highest BCUT2D eigenvalue weighted by atomic mass is 35.5. The van der Waals surface area contributed by atoms with Crippen LogP contribution in [0, 0.1) is 0 Å². The molecule has 0 aromatic heterocycles. The molecular formula is C19H23ClN2O2. The summed E-state index contributed by atoms with van der Waals surface area (Å²) in [4.78, 5) is 2.46. The van der Waals surface area contributed by atoms with Crippen molar-refractivity contribution in [2.45, 2.75) is 12.6 Å². The standard InChI is InChI=1S/C19H23ClN2O2/c1-23-18-8-4-6-15(19(18)24-2)13-22-10-9-21-12-17(22)14-5-3-7-16(20)11-14/h3-8,11,17,21H,9-10,12-13H2,1-2H3. The number of rotatable bonds is 5. The van der Waals surface area contributed by atoms with Gasteiger partial charge < -0.3 is 14.8 Å². The van der Waals surface area contributed by atoms with Crippen molar-refractivity contribution in [1.29, 1.82) is 0 Å². The van der Waals surface area contributed by atoms with E-state index in [0.29, 0.717) is 0 Å². The highest BCUT2D eigenvalue weighted by molar-refractivity contribution is 6.30. The molecule has 1 aliphatic heterocycles. The maximum Gasteiger partial charge on any atom is 0.165 e. The van der Waals surface area contributed by atoms with Gasteiger partial charge in [0, 0.05) is 42.8 Å². The first kappa shape index (κ1) is 17.1. The van der Waals surface area contributed by atoms with Crippen molar-refractivity contribution in [3.8, 4) is 11.5 Å². The third-order valence-corrected chi connectivity index (χ3v) is 4.68. The summed E-state index contributed by atoms with van der Waals surface area (Å²) in [7, 11) is 3.36. The first-order chi connectivity index (χ1) is 11.7. The van der Waals surface area contributed by atoms with E-state index in [9.17, 15) is 0 Å². The molecule has 2 aromatic carbocycles. The van der Waals surface area contributed by atoms with E-state index in [0.717, 1.165) is 48.3 Å². The Morgan fingerprint density at radius 1 is 1.17 bits per heavy atom. The first-order valence-electron chi connectivity index (χ1n) is 8.13. The smallest absolute Gasteiger partial charge is 0.165 e. The number of ether oxygens (including phenoxy) is 2. The van der Waals surface area contributed by atoms with Gasteiger partial charge in [-0.1, -0.05) is 35.9 Å². The zero-order valence-corrected chi connectivity index (χ0v) is 14.8. The lowest BCUT2D eigenvalue weighted by molar-refractivity contribution is 0.152. The molecule has 0 bridgehead atoms. The molecular weight excluding hydrogens is 324 g/mol. The lowest BCUT2D eigenvalue weighted by atomic mass is 10.0. The van der Waals surface area contributed by atoms with Crippen LogP contribution in [0.25, 0.3) is 0 Å². The van der Waals surface area contributed by atoms with Crippen LogP contribution in [-0.2, 0) is 6.54 Å². The van der Waals surface area contributed by atoms with Gasteiger partial charge in [-0.25, -0.2) is 0 Å². The molecule has 1 atom stereocenters. The van der Waals surface area contributed by atoms with Crippen LogP contribution >= 0.6 is 11.6 Å². The van der Waals surface area contributed by atoms with Gasteiger partial charge in [0.15, 0.2) is 11.5 Å². The van der Waals surface area contributed by atoms with E-state index in [-0.39, 0.29) is 6.04 Å². The fourth-order valence-corrected chi connectivity index (χ4v) is 3.47. The molecule has 0 amide bonds. The molecule has 1 heterocycles. The van der Waals surface area contributed by atoms with Crippen molar-refractivity contribution in [1.82, 2.24) is 10.2 Å². The van der Waals surface area contributed by atoms with Crippen LogP contribution in [0.3, 0.4) is 0 Å². The third kappa shape index (κ3) is 3.66. The van der Waals surface area contributed by atoms with E-state index in [4.69, 9.17) is 21.1 Å². The predicted octanol–water partition coefficient (Wildman–Crippen LogP) is 3.50. The normalized spacial score (nSPS) is 18.4. The Kier molecular flexibility index (Phi) is 5.61. The Morgan fingerprint density at radius 3 is 2.75 bits per heavy atom. The van der Waals surface area contributed by atoms with E-state index in [1.807, 2.05) is 24.3 Å².